The number of hydrogen-bond acceptors (Lipinski definition) is 3. The smallest absolute Gasteiger partial charge is 0.240 e. The molecule has 1 heterocycles. The van der Waals surface area contributed by atoms with Crippen molar-refractivity contribution < 1.29 is 4.79 Å². The molecule has 1 fully saturated rings. The zero-order chi connectivity index (χ0) is 20.7. The SMILES string of the molecule is CN=C(NCc1ccc(N2CCC(C)CC2)cc1)N(C)CC(=O)NC(C)(C)C.I. The summed E-state index contributed by atoms with van der Waals surface area (Å²) < 4.78 is 0. The van der Waals surface area contributed by atoms with Gasteiger partial charge in [-0.1, -0.05) is 19.1 Å². The first-order valence-electron chi connectivity index (χ1n) is 10.2. The van der Waals surface area contributed by atoms with E-state index >= 15 is 0 Å². The quantitative estimate of drug-likeness (QED) is 0.358. The second kappa shape index (κ2) is 11.6. The minimum atomic E-state index is -0.233. The first-order chi connectivity index (χ1) is 13.2. The standard InChI is InChI=1S/C22H37N5O.HI/c1-17-11-13-27(14-12-17)19-9-7-18(8-10-19)15-24-21(23-5)26(6)16-20(28)25-22(2,3)4;/h7-10,17H,11-16H2,1-6H3,(H,23,24)(H,25,28);1H. The van der Waals surface area contributed by atoms with Crippen LogP contribution < -0.4 is 15.5 Å². The summed E-state index contributed by atoms with van der Waals surface area (Å²) in [5.74, 6) is 1.53. The maximum atomic E-state index is 12.1. The van der Waals surface area contributed by atoms with Gasteiger partial charge < -0.3 is 20.4 Å². The number of guanidine groups is 1. The summed E-state index contributed by atoms with van der Waals surface area (Å²) in [6, 6.07) is 8.74. The third kappa shape index (κ3) is 8.80. The highest BCUT2D eigenvalue weighted by molar-refractivity contribution is 14.0. The average molecular weight is 515 g/mol. The second-order valence-corrected chi connectivity index (χ2v) is 8.89. The van der Waals surface area contributed by atoms with Gasteiger partial charge in [0.2, 0.25) is 5.91 Å². The van der Waals surface area contributed by atoms with E-state index in [4.69, 9.17) is 0 Å². The van der Waals surface area contributed by atoms with Crippen molar-refractivity contribution in [1.82, 2.24) is 15.5 Å². The van der Waals surface area contributed by atoms with Gasteiger partial charge in [-0.25, -0.2) is 0 Å². The number of anilines is 1. The molecule has 1 amide bonds. The van der Waals surface area contributed by atoms with Crippen LogP contribution in [0.25, 0.3) is 0 Å². The van der Waals surface area contributed by atoms with Crippen LogP contribution in [0.15, 0.2) is 29.3 Å². The second-order valence-electron chi connectivity index (χ2n) is 8.89. The molecule has 1 aliphatic rings. The summed E-state index contributed by atoms with van der Waals surface area (Å²) in [5.41, 5.74) is 2.27. The first-order valence-corrected chi connectivity index (χ1v) is 10.2. The highest BCUT2D eigenvalue weighted by atomic mass is 127. The van der Waals surface area contributed by atoms with E-state index in [9.17, 15) is 4.79 Å². The lowest BCUT2D eigenvalue weighted by atomic mass is 9.99. The molecule has 0 atom stereocenters. The molecule has 6 nitrogen and oxygen atoms in total. The molecule has 29 heavy (non-hydrogen) atoms. The molecule has 0 unspecified atom stereocenters. The molecular weight excluding hydrogens is 477 g/mol. The van der Waals surface area contributed by atoms with Gasteiger partial charge in [-0.15, -0.1) is 24.0 Å². The van der Waals surface area contributed by atoms with Crippen LogP contribution in [0.3, 0.4) is 0 Å². The van der Waals surface area contributed by atoms with Gasteiger partial charge in [0.25, 0.3) is 0 Å². The topological polar surface area (TPSA) is 60.0 Å². The van der Waals surface area contributed by atoms with Gasteiger partial charge in [-0.3, -0.25) is 9.79 Å². The van der Waals surface area contributed by atoms with Gasteiger partial charge in [-0.2, -0.15) is 0 Å². The van der Waals surface area contributed by atoms with E-state index in [1.165, 1.54) is 24.1 Å². The fourth-order valence-corrected chi connectivity index (χ4v) is 3.41. The summed E-state index contributed by atoms with van der Waals surface area (Å²) in [6.07, 6.45) is 2.55. The Bertz CT molecular complexity index is 661. The van der Waals surface area contributed by atoms with Gasteiger partial charge in [0.15, 0.2) is 5.96 Å². The van der Waals surface area contributed by atoms with Crippen molar-refractivity contribution in [2.45, 2.75) is 52.6 Å². The van der Waals surface area contributed by atoms with E-state index in [0.29, 0.717) is 12.5 Å². The highest BCUT2D eigenvalue weighted by Gasteiger charge is 2.17. The average Bonchev–Trinajstić information content (AvgIpc) is 2.62. The van der Waals surface area contributed by atoms with Crippen LogP contribution in [0, 0.1) is 5.92 Å². The minimum absolute atomic E-state index is 0. The molecule has 2 N–H and O–H groups in total. The summed E-state index contributed by atoms with van der Waals surface area (Å²) in [5, 5.41) is 6.32. The fraction of sp³-hybridized carbons (Fsp3) is 0.636. The lowest BCUT2D eigenvalue weighted by Gasteiger charge is -2.32. The Kier molecular flexibility index (Phi) is 10.2. The van der Waals surface area contributed by atoms with Crippen LogP contribution >= 0.6 is 24.0 Å². The monoisotopic (exact) mass is 515 g/mol. The number of aliphatic imine (C=N–C) groups is 1. The number of nitrogens with zero attached hydrogens (tertiary/aromatic N) is 3. The number of amides is 1. The van der Waals surface area contributed by atoms with Crippen molar-refractivity contribution in [2.24, 2.45) is 10.9 Å². The zero-order valence-electron chi connectivity index (χ0n) is 18.8. The summed E-state index contributed by atoms with van der Waals surface area (Å²) >= 11 is 0. The predicted molar refractivity (Wildman–Crippen MR) is 133 cm³/mol. The molecular formula is C22H38IN5O. The number of carbonyl (C=O) groups is 1. The molecule has 0 radical (unpaired) electrons. The molecule has 7 heteroatoms. The number of halogens is 1. The Hall–Kier alpha value is -1.51. The third-order valence-electron chi connectivity index (χ3n) is 5.00. The number of likely N-dealkylation sites (N-methyl/N-ethyl adjacent to an activating group) is 1. The van der Waals surface area contributed by atoms with E-state index in [1.54, 1.807) is 7.05 Å². The van der Waals surface area contributed by atoms with Crippen molar-refractivity contribution in [3.63, 3.8) is 0 Å². The lowest BCUT2D eigenvalue weighted by Crippen LogP contribution is -2.48. The molecule has 1 saturated heterocycles. The minimum Gasteiger partial charge on any atom is -0.372 e. The van der Waals surface area contributed by atoms with E-state index < -0.39 is 0 Å². The van der Waals surface area contributed by atoms with Crippen LogP contribution in [0.2, 0.25) is 0 Å². The van der Waals surface area contributed by atoms with Crippen molar-refractivity contribution in [3.05, 3.63) is 29.8 Å². The predicted octanol–water partition coefficient (Wildman–Crippen LogP) is 3.46. The molecule has 164 valence electrons. The van der Waals surface area contributed by atoms with Gasteiger partial charge in [0, 0.05) is 45.0 Å². The number of benzene rings is 1. The fourth-order valence-electron chi connectivity index (χ4n) is 3.41. The molecule has 0 saturated carbocycles. The van der Waals surface area contributed by atoms with Gasteiger partial charge in [-0.05, 0) is 57.2 Å². The summed E-state index contributed by atoms with van der Waals surface area (Å²) in [4.78, 5) is 20.7. The van der Waals surface area contributed by atoms with Crippen LogP contribution in [0.1, 0.15) is 46.1 Å². The maximum absolute atomic E-state index is 12.1. The maximum Gasteiger partial charge on any atom is 0.240 e. The van der Waals surface area contributed by atoms with Crippen LogP contribution in [-0.2, 0) is 11.3 Å². The number of carbonyl (C=O) groups excluding carboxylic acids is 1. The molecule has 0 bridgehead atoms. The molecule has 1 aromatic rings. The van der Waals surface area contributed by atoms with Crippen molar-refractivity contribution in [3.8, 4) is 0 Å². The Labute approximate surface area is 193 Å². The zero-order valence-corrected chi connectivity index (χ0v) is 21.1. The number of piperidine rings is 1. The van der Waals surface area contributed by atoms with Gasteiger partial charge in [0.05, 0.1) is 6.54 Å². The number of nitrogens with one attached hydrogen (secondary N) is 2. The molecule has 2 rings (SSSR count). The number of hydrogen-bond donors (Lipinski definition) is 2. The first kappa shape index (κ1) is 25.5. The number of rotatable bonds is 5. The Morgan fingerprint density at radius 1 is 1.21 bits per heavy atom. The molecule has 0 aliphatic carbocycles. The molecule has 1 aliphatic heterocycles. The summed E-state index contributed by atoms with van der Waals surface area (Å²) in [7, 11) is 3.61. The van der Waals surface area contributed by atoms with E-state index in [0.717, 1.165) is 19.0 Å². The molecule has 1 aromatic carbocycles. The Balaban J connectivity index is 0.00000420. The van der Waals surface area contributed by atoms with E-state index in [1.807, 2.05) is 32.7 Å². The van der Waals surface area contributed by atoms with E-state index in [-0.39, 0.29) is 42.0 Å². The van der Waals surface area contributed by atoms with Crippen LogP contribution in [-0.4, -0.2) is 56.0 Å². The van der Waals surface area contributed by atoms with Crippen LogP contribution in [0.4, 0.5) is 5.69 Å². The van der Waals surface area contributed by atoms with Crippen molar-refractivity contribution >= 4 is 41.5 Å². The van der Waals surface area contributed by atoms with Gasteiger partial charge >= 0.3 is 0 Å². The Morgan fingerprint density at radius 2 is 1.79 bits per heavy atom. The van der Waals surface area contributed by atoms with Crippen LogP contribution in [0.5, 0.6) is 0 Å². The van der Waals surface area contributed by atoms with Crippen molar-refractivity contribution in [2.75, 3.05) is 38.6 Å². The third-order valence-corrected chi connectivity index (χ3v) is 5.00. The van der Waals surface area contributed by atoms with E-state index in [2.05, 4.69) is 51.7 Å². The molecule has 0 aromatic heterocycles. The molecule has 0 spiro atoms. The largest absolute Gasteiger partial charge is 0.372 e. The van der Waals surface area contributed by atoms with Gasteiger partial charge in [0.1, 0.15) is 0 Å². The normalized spacial score (nSPS) is 15.5. The van der Waals surface area contributed by atoms with Crippen molar-refractivity contribution in [1.29, 1.82) is 0 Å². The highest BCUT2D eigenvalue weighted by Crippen LogP contribution is 2.23. The Morgan fingerprint density at radius 3 is 2.31 bits per heavy atom. The summed E-state index contributed by atoms with van der Waals surface area (Å²) in [6.45, 7) is 11.5. The lowest BCUT2D eigenvalue weighted by molar-refractivity contribution is -0.122.